The molecule has 0 aliphatic heterocycles. The van der Waals surface area contributed by atoms with Crippen LogP contribution in [0.1, 0.15) is 18.1 Å². The van der Waals surface area contributed by atoms with Crippen molar-refractivity contribution < 1.29 is 0 Å². The number of rotatable bonds is 2. The lowest BCUT2D eigenvalue weighted by Crippen LogP contribution is -1.76. The molecular weight excluding hydrogens is 271 g/mol. The van der Waals surface area contributed by atoms with E-state index in [2.05, 4.69) is 65.9 Å². The number of hydrogen-bond donors (Lipinski definition) is 0. The Morgan fingerprint density at radius 1 is 1.23 bits per heavy atom. The van der Waals surface area contributed by atoms with Crippen LogP contribution in [0, 0.1) is 6.92 Å². The summed E-state index contributed by atoms with van der Waals surface area (Å²) in [6, 6.07) is 8.57. The Balaban J connectivity index is 2.89. The summed E-state index contributed by atoms with van der Waals surface area (Å²) in [7, 11) is 0. The van der Waals surface area contributed by atoms with Crippen molar-refractivity contribution in [1.82, 2.24) is 0 Å². The van der Waals surface area contributed by atoms with E-state index in [1.807, 2.05) is 13.0 Å². The van der Waals surface area contributed by atoms with Gasteiger partial charge in [0.25, 0.3) is 0 Å². The van der Waals surface area contributed by atoms with Crippen molar-refractivity contribution in [2.75, 3.05) is 0 Å². The summed E-state index contributed by atoms with van der Waals surface area (Å²) in [6.07, 6.45) is 6.21. The predicted octanol–water partition coefficient (Wildman–Crippen LogP) is 4.35. The first-order valence-corrected chi connectivity index (χ1v) is 5.37. The van der Waals surface area contributed by atoms with Crippen molar-refractivity contribution in [3.05, 3.63) is 53.6 Å². The zero-order chi connectivity index (χ0) is 9.68. The molecule has 0 aliphatic carbocycles. The minimum atomic E-state index is 1.27. The van der Waals surface area contributed by atoms with E-state index >= 15 is 0 Å². The van der Waals surface area contributed by atoms with Gasteiger partial charge in [-0.05, 0) is 48.1 Å². The summed E-state index contributed by atoms with van der Waals surface area (Å²) in [5.74, 6) is 0. The molecule has 1 aromatic rings. The lowest BCUT2D eigenvalue weighted by Gasteiger charge is -1.98. The monoisotopic (exact) mass is 284 g/mol. The zero-order valence-corrected chi connectivity index (χ0v) is 10.1. The SMILES string of the molecule is C/C=C\C=C(/I)c1ccc(C)cc1. The van der Waals surface area contributed by atoms with Crippen LogP contribution < -0.4 is 0 Å². The molecule has 0 bridgehead atoms. The Hall–Kier alpha value is -0.570. The highest BCUT2D eigenvalue weighted by Crippen LogP contribution is 2.21. The lowest BCUT2D eigenvalue weighted by atomic mass is 10.1. The van der Waals surface area contributed by atoms with Crippen LogP contribution in [0.25, 0.3) is 3.58 Å². The fraction of sp³-hybridized carbons (Fsp3) is 0.167. The Morgan fingerprint density at radius 3 is 2.38 bits per heavy atom. The third-order valence-corrected chi connectivity index (χ3v) is 2.74. The number of benzene rings is 1. The second-order valence-corrected chi connectivity index (χ2v) is 4.07. The van der Waals surface area contributed by atoms with Crippen LogP contribution in [-0.4, -0.2) is 0 Å². The average molecular weight is 284 g/mol. The molecule has 68 valence electrons. The van der Waals surface area contributed by atoms with Gasteiger partial charge in [0.05, 0.1) is 0 Å². The van der Waals surface area contributed by atoms with Gasteiger partial charge in [-0.25, -0.2) is 0 Å². The van der Waals surface area contributed by atoms with Crippen molar-refractivity contribution in [2.24, 2.45) is 0 Å². The van der Waals surface area contributed by atoms with Gasteiger partial charge >= 0.3 is 0 Å². The van der Waals surface area contributed by atoms with Crippen LogP contribution in [0.3, 0.4) is 0 Å². The normalized spacial score (nSPS) is 12.4. The topological polar surface area (TPSA) is 0 Å². The highest BCUT2D eigenvalue weighted by atomic mass is 127. The van der Waals surface area contributed by atoms with Gasteiger partial charge in [0, 0.05) is 3.58 Å². The Labute approximate surface area is 93.5 Å². The third kappa shape index (κ3) is 3.35. The molecule has 1 rings (SSSR count). The molecule has 13 heavy (non-hydrogen) atoms. The molecule has 0 fully saturated rings. The molecule has 0 aliphatic rings. The molecule has 0 aromatic heterocycles. The molecule has 1 aromatic carbocycles. The minimum Gasteiger partial charge on any atom is -0.0876 e. The quantitative estimate of drug-likeness (QED) is 0.559. The molecule has 1 heteroatoms. The molecule has 0 amide bonds. The van der Waals surface area contributed by atoms with E-state index in [4.69, 9.17) is 0 Å². The summed E-state index contributed by atoms with van der Waals surface area (Å²) in [4.78, 5) is 0. The fourth-order valence-corrected chi connectivity index (χ4v) is 1.56. The van der Waals surface area contributed by atoms with Crippen LogP contribution in [0.15, 0.2) is 42.5 Å². The largest absolute Gasteiger partial charge is 0.0876 e. The highest BCUT2D eigenvalue weighted by molar-refractivity contribution is 14.1. The standard InChI is InChI=1S/C12H13I/c1-3-4-5-12(13)11-8-6-10(2)7-9-11/h3-9H,1-2H3/b4-3-,12-5-. The fourth-order valence-electron chi connectivity index (χ4n) is 0.990. The Morgan fingerprint density at radius 2 is 1.85 bits per heavy atom. The minimum absolute atomic E-state index is 1.27. The van der Waals surface area contributed by atoms with Crippen molar-refractivity contribution in [3.8, 4) is 0 Å². The van der Waals surface area contributed by atoms with Gasteiger partial charge in [-0.15, -0.1) is 0 Å². The van der Waals surface area contributed by atoms with Crippen molar-refractivity contribution >= 4 is 26.2 Å². The maximum absolute atomic E-state index is 2.35. The molecule has 0 radical (unpaired) electrons. The van der Waals surface area contributed by atoms with Crippen LogP contribution >= 0.6 is 22.6 Å². The van der Waals surface area contributed by atoms with E-state index in [9.17, 15) is 0 Å². The van der Waals surface area contributed by atoms with Gasteiger partial charge in [0.15, 0.2) is 0 Å². The highest BCUT2D eigenvalue weighted by Gasteiger charge is 1.94. The van der Waals surface area contributed by atoms with E-state index < -0.39 is 0 Å². The van der Waals surface area contributed by atoms with E-state index in [-0.39, 0.29) is 0 Å². The Kier molecular flexibility index (Phi) is 4.22. The Bertz CT molecular complexity index is 317. The van der Waals surface area contributed by atoms with E-state index in [1.54, 1.807) is 0 Å². The number of halogens is 1. The molecule has 0 unspecified atom stereocenters. The van der Waals surface area contributed by atoms with Gasteiger partial charge in [0.2, 0.25) is 0 Å². The first kappa shape index (κ1) is 10.5. The van der Waals surface area contributed by atoms with Crippen LogP contribution in [0.2, 0.25) is 0 Å². The second-order valence-electron chi connectivity index (χ2n) is 2.91. The van der Waals surface area contributed by atoms with E-state index in [0.29, 0.717) is 0 Å². The van der Waals surface area contributed by atoms with Crippen LogP contribution in [-0.2, 0) is 0 Å². The van der Waals surface area contributed by atoms with Gasteiger partial charge < -0.3 is 0 Å². The molecule has 0 saturated carbocycles. The van der Waals surface area contributed by atoms with Crippen molar-refractivity contribution in [1.29, 1.82) is 0 Å². The lowest BCUT2D eigenvalue weighted by molar-refractivity contribution is 1.46. The molecule has 0 saturated heterocycles. The van der Waals surface area contributed by atoms with Gasteiger partial charge in [-0.1, -0.05) is 42.0 Å². The number of hydrogen-bond acceptors (Lipinski definition) is 0. The summed E-state index contributed by atoms with van der Waals surface area (Å²) >= 11 is 2.35. The molecular formula is C12H13I. The van der Waals surface area contributed by atoms with Crippen LogP contribution in [0.5, 0.6) is 0 Å². The van der Waals surface area contributed by atoms with Gasteiger partial charge in [-0.2, -0.15) is 0 Å². The van der Waals surface area contributed by atoms with E-state index in [1.165, 1.54) is 14.7 Å². The average Bonchev–Trinajstić information content (AvgIpc) is 2.15. The molecule has 0 nitrogen and oxygen atoms in total. The maximum Gasteiger partial charge on any atom is 0.0202 e. The molecule has 0 spiro atoms. The summed E-state index contributed by atoms with van der Waals surface area (Å²) in [5.41, 5.74) is 2.59. The summed E-state index contributed by atoms with van der Waals surface area (Å²) in [5, 5.41) is 0. The molecule has 0 atom stereocenters. The van der Waals surface area contributed by atoms with Gasteiger partial charge in [0.1, 0.15) is 0 Å². The summed E-state index contributed by atoms with van der Waals surface area (Å²) in [6.45, 7) is 4.13. The van der Waals surface area contributed by atoms with Crippen molar-refractivity contribution in [3.63, 3.8) is 0 Å². The summed E-state index contributed by atoms with van der Waals surface area (Å²) < 4.78 is 1.27. The first-order valence-electron chi connectivity index (χ1n) is 4.29. The zero-order valence-electron chi connectivity index (χ0n) is 7.92. The number of allylic oxidation sites excluding steroid dienone is 3. The maximum atomic E-state index is 2.35. The number of aryl methyl sites for hydroxylation is 1. The smallest absolute Gasteiger partial charge is 0.0202 e. The predicted molar refractivity (Wildman–Crippen MR) is 68.0 cm³/mol. The first-order chi connectivity index (χ1) is 6.24. The molecule has 0 N–H and O–H groups in total. The second kappa shape index (κ2) is 5.22. The molecule has 0 heterocycles. The van der Waals surface area contributed by atoms with Crippen LogP contribution in [0.4, 0.5) is 0 Å². The van der Waals surface area contributed by atoms with E-state index in [0.717, 1.165) is 0 Å². The van der Waals surface area contributed by atoms with Gasteiger partial charge in [-0.3, -0.25) is 0 Å². The van der Waals surface area contributed by atoms with Crippen molar-refractivity contribution in [2.45, 2.75) is 13.8 Å². The third-order valence-electron chi connectivity index (χ3n) is 1.76.